The molecular weight excluding hydrogens is 486 g/mol. The van der Waals surface area contributed by atoms with Crippen LogP contribution in [-0.2, 0) is 30.4 Å². The lowest BCUT2D eigenvalue weighted by molar-refractivity contribution is -0.142. The van der Waals surface area contributed by atoms with Gasteiger partial charge in [0.05, 0.1) is 11.8 Å². The number of para-hydroxylation sites is 1. The van der Waals surface area contributed by atoms with Gasteiger partial charge in [0.15, 0.2) is 11.6 Å². The number of aromatic hydroxyl groups is 1. The number of hydrogen-bond acceptors (Lipinski definition) is 6. The van der Waals surface area contributed by atoms with Crippen LogP contribution in [0.4, 0.5) is 0 Å². The first kappa shape index (κ1) is 25.6. The van der Waals surface area contributed by atoms with Gasteiger partial charge < -0.3 is 10.2 Å². The molecule has 3 aliphatic carbocycles. The molecule has 4 unspecified atom stereocenters. The molecular formula is C30H29NO7. The Bertz CT molecular complexity index is 1390. The fourth-order valence-corrected chi connectivity index (χ4v) is 6.56. The number of rotatable bonds is 7. The van der Waals surface area contributed by atoms with E-state index in [-0.39, 0.29) is 54.9 Å². The van der Waals surface area contributed by atoms with E-state index in [1.165, 1.54) is 6.08 Å². The number of phenols is 1. The molecule has 1 fully saturated rings. The third-order valence-electron chi connectivity index (χ3n) is 8.25. The molecule has 0 bridgehead atoms. The molecule has 196 valence electrons. The number of carboxylic acids is 1. The van der Waals surface area contributed by atoms with Crippen molar-refractivity contribution in [2.75, 3.05) is 6.54 Å². The van der Waals surface area contributed by atoms with Crippen LogP contribution in [0.25, 0.3) is 0 Å². The molecule has 8 heteroatoms. The Morgan fingerprint density at radius 3 is 2.63 bits per heavy atom. The molecule has 1 aliphatic heterocycles. The van der Waals surface area contributed by atoms with Crippen LogP contribution in [0.5, 0.6) is 5.75 Å². The minimum atomic E-state index is -0.998. The predicted octanol–water partition coefficient (Wildman–Crippen LogP) is 3.42. The molecule has 1 heterocycles. The number of carbonyl (C=O) groups is 5. The van der Waals surface area contributed by atoms with Crippen molar-refractivity contribution < 1.29 is 34.2 Å². The number of benzene rings is 1. The number of nitrogens with zero attached hydrogens (tertiary/aromatic N) is 1. The number of ketones is 2. The van der Waals surface area contributed by atoms with Gasteiger partial charge in [-0.2, -0.15) is 0 Å². The lowest BCUT2D eigenvalue weighted by Crippen LogP contribution is -2.40. The van der Waals surface area contributed by atoms with Gasteiger partial charge in [0, 0.05) is 41.2 Å². The maximum absolute atomic E-state index is 13.6. The molecule has 4 atom stereocenters. The summed E-state index contributed by atoms with van der Waals surface area (Å²) in [7, 11) is 0. The van der Waals surface area contributed by atoms with Crippen LogP contribution in [0.3, 0.4) is 0 Å². The van der Waals surface area contributed by atoms with Gasteiger partial charge >= 0.3 is 5.97 Å². The second kappa shape index (κ2) is 9.67. The van der Waals surface area contributed by atoms with Crippen molar-refractivity contribution in [3.63, 3.8) is 0 Å². The number of amides is 2. The van der Waals surface area contributed by atoms with Gasteiger partial charge in [-0.25, -0.2) is 0 Å². The maximum atomic E-state index is 13.6. The van der Waals surface area contributed by atoms with Crippen LogP contribution in [0.1, 0.15) is 49.7 Å². The molecule has 0 radical (unpaired) electrons. The van der Waals surface area contributed by atoms with Crippen molar-refractivity contribution in [2.24, 2.45) is 17.8 Å². The van der Waals surface area contributed by atoms with E-state index in [1.54, 1.807) is 31.2 Å². The molecule has 2 N–H and O–H groups in total. The summed E-state index contributed by atoms with van der Waals surface area (Å²) in [6, 6.07) is 5.29. The summed E-state index contributed by atoms with van der Waals surface area (Å²) in [4.78, 5) is 65.6. The molecule has 0 saturated carbocycles. The second-order valence-electron chi connectivity index (χ2n) is 10.4. The Balaban J connectivity index is 1.61. The van der Waals surface area contributed by atoms with Gasteiger partial charge in [-0.05, 0) is 50.2 Å². The van der Waals surface area contributed by atoms with E-state index in [1.807, 2.05) is 6.08 Å². The van der Waals surface area contributed by atoms with Gasteiger partial charge in [-0.3, -0.25) is 28.9 Å². The molecule has 2 amide bonds. The van der Waals surface area contributed by atoms with Crippen molar-refractivity contribution in [2.45, 2.75) is 44.9 Å². The Hall–Kier alpha value is -4.07. The number of imide groups is 1. The normalized spacial score (nSPS) is 26.5. The molecule has 5 rings (SSSR count). The highest BCUT2D eigenvalue weighted by molar-refractivity contribution is 6.24. The summed E-state index contributed by atoms with van der Waals surface area (Å²) in [6.45, 7) is 5.37. The SMILES string of the molecule is C=CCc1cccc(C2C3=CCC4C(=O)N(CCCC(=O)O)C(=O)C4C3CC3=C2C(=O)C(C)=CC3=O)c1O. The Morgan fingerprint density at radius 1 is 1.16 bits per heavy atom. The number of likely N-dealkylation sites (tertiary alicyclic amines) is 1. The van der Waals surface area contributed by atoms with Gasteiger partial charge in [-0.1, -0.05) is 35.9 Å². The lowest BCUT2D eigenvalue weighted by atomic mass is 9.59. The summed E-state index contributed by atoms with van der Waals surface area (Å²) in [5.74, 6) is -4.75. The molecule has 1 saturated heterocycles. The summed E-state index contributed by atoms with van der Waals surface area (Å²) in [5, 5.41) is 20.2. The minimum absolute atomic E-state index is 0.0181. The Labute approximate surface area is 220 Å². The van der Waals surface area contributed by atoms with Gasteiger partial charge in [0.2, 0.25) is 11.8 Å². The molecule has 38 heavy (non-hydrogen) atoms. The van der Waals surface area contributed by atoms with Crippen LogP contribution in [0.2, 0.25) is 0 Å². The highest BCUT2D eigenvalue weighted by Crippen LogP contribution is 2.56. The quantitative estimate of drug-likeness (QED) is 0.323. The number of carbonyl (C=O) groups excluding carboxylic acids is 4. The van der Waals surface area contributed by atoms with E-state index in [2.05, 4.69) is 6.58 Å². The Morgan fingerprint density at radius 2 is 1.92 bits per heavy atom. The van der Waals surface area contributed by atoms with E-state index >= 15 is 0 Å². The zero-order valence-corrected chi connectivity index (χ0v) is 21.1. The van der Waals surface area contributed by atoms with E-state index in [0.29, 0.717) is 40.7 Å². The zero-order valence-electron chi connectivity index (χ0n) is 21.1. The summed E-state index contributed by atoms with van der Waals surface area (Å²) >= 11 is 0. The fourth-order valence-electron chi connectivity index (χ4n) is 6.56. The van der Waals surface area contributed by atoms with Crippen LogP contribution in [0, 0.1) is 17.8 Å². The number of fused-ring (bicyclic) bond motifs is 3. The Kier molecular flexibility index (Phi) is 6.51. The number of allylic oxidation sites excluding steroid dienone is 7. The number of aliphatic carboxylic acids is 1. The third-order valence-corrected chi connectivity index (χ3v) is 8.25. The highest BCUT2D eigenvalue weighted by Gasteiger charge is 2.56. The fraction of sp³-hybridized carbons (Fsp3) is 0.367. The van der Waals surface area contributed by atoms with Gasteiger partial charge in [0.25, 0.3) is 0 Å². The first-order valence-electron chi connectivity index (χ1n) is 12.8. The van der Waals surface area contributed by atoms with E-state index in [0.717, 1.165) is 10.5 Å². The van der Waals surface area contributed by atoms with Crippen LogP contribution < -0.4 is 0 Å². The van der Waals surface area contributed by atoms with Crippen LogP contribution in [-0.4, -0.2) is 51.0 Å². The molecule has 1 aromatic carbocycles. The largest absolute Gasteiger partial charge is 0.507 e. The first-order valence-corrected chi connectivity index (χ1v) is 12.8. The average Bonchev–Trinajstić information content (AvgIpc) is 3.12. The van der Waals surface area contributed by atoms with E-state index in [9.17, 15) is 29.1 Å². The van der Waals surface area contributed by atoms with Crippen molar-refractivity contribution >= 4 is 29.4 Å². The zero-order chi connectivity index (χ0) is 27.3. The van der Waals surface area contributed by atoms with Crippen molar-refractivity contribution in [1.29, 1.82) is 0 Å². The second-order valence-corrected chi connectivity index (χ2v) is 10.4. The van der Waals surface area contributed by atoms with Gasteiger partial charge in [-0.15, -0.1) is 6.58 Å². The van der Waals surface area contributed by atoms with Crippen molar-refractivity contribution in [3.8, 4) is 5.75 Å². The molecule has 1 aromatic rings. The number of carboxylic acid groups (broad SMARTS) is 1. The molecule has 8 nitrogen and oxygen atoms in total. The standard InChI is InChI=1S/C30H29NO7/c1-3-6-16-7-4-8-18(28(16)36)24-17-10-11-19-25(30(38)31(29(19)37)12-5-9-23(33)34)20(17)14-21-22(32)13-15(2)27(35)26(21)24/h3-4,7-8,10,13,19-20,24-25,36H,1,5-6,9,11-12,14H2,2H3,(H,33,34). The summed E-state index contributed by atoms with van der Waals surface area (Å²) in [6.07, 6.45) is 5.76. The monoisotopic (exact) mass is 515 g/mol. The van der Waals surface area contributed by atoms with Crippen LogP contribution >= 0.6 is 0 Å². The predicted molar refractivity (Wildman–Crippen MR) is 137 cm³/mol. The topological polar surface area (TPSA) is 129 Å². The lowest BCUT2D eigenvalue weighted by Gasteiger charge is -2.42. The van der Waals surface area contributed by atoms with Crippen LogP contribution in [0.15, 0.2) is 65.3 Å². The number of phenolic OH excluding ortho intramolecular Hbond substituents is 1. The van der Waals surface area contributed by atoms with Crippen molar-refractivity contribution in [1.82, 2.24) is 4.90 Å². The third kappa shape index (κ3) is 3.95. The van der Waals surface area contributed by atoms with Crippen molar-refractivity contribution in [3.05, 3.63) is 76.4 Å². The molecule has 4 aliphatic rings. The number of Topliss-reactive ketones (excluding diaryl/α,β-unsaturated/α-hetero) is 1. The smallest absolute Gasteiger partial charge is 0.303 e. The van der Waals surface area contributed by atoms with E-state index in [4.69, 9.17) is 5.11 Å². The highest BCUT2D eigenvalue weighted by atomic mass is 16.4. The summed E-state index contributed by atoms with van der Waals surface area (Å²) < 4.78 is 0. The minimum Gasteiger partial charge on any atom is -0.507 e. The molecule has 0 aromatic heterocycles. The average molecular weight is 516 g/mol. The summed E-state index contributed by atoms with van der Waals surface area (Å²) in [5.41, 5.74) is 2.86. The first-order chi connectivity index (χ1) is 18.1. The number of hydrogen-bond donors (Lipinski definition) is 2. The van der Waals surface area contributed by atoms with Gasteiger partial charge in [0.1, 0.15) is 5.75 Å². The molecule has 0 spiro atoms. The maximum Gasteiger partial charge on any atom is 0.303 e. The van der Waals surface area contributed by atoms with E-state index < -0.39 is 29.6 Å².